The van der Waals surface area contributed by atoms with E-state index in [2.05, 4.69) is 26.0 Å². The van der Waals surface area contributed by atoms with Crippen LogP contribution < -0.4 is 10.5 Å². The summed E-state index contributed by atoms with van der Waals surface area (Å²) in [5.41, 5.74) is 4.77. The third kappa shape index (κ3) is 4.97. The molecule has 0 aliphatic carbocycles. The highest BCUT2D eigenvalue weighted by atomic mass is 79.9. The van der Waals surface area contributed by atoms with E-state index >= 15 is 0 Å². The molecule has 1 amide bonds. The van der Waals surface area contributed by atoms with Crippen LogP contribution in [0.5, 0.6) is 0 Å². The lowest BCUT2D eigenvalue weighted by Gasteiger charge is -2.34. The van der Waals surface area contributed by atoms with Crippen LogP contribution in [0.15, 0.2) is 51.9 Å². The molecule has 41 heavy (non-hydrogen) atoms. The molecule has 10 nitrogen and oxygen atoms in total. The van der Waals surface area contributed by atoms with E-state index in [0.717, 1.165) is 33.8 Å². The van der Waals surface area contributed by atoms with Crippen molar-refractivity contribution in [1.82, 2.24) is 29.2 Å². The molecule has 4 aromatic rings. The van der Waals surface area contributed by atoms with Gasteiger partial charge in [0.1, 0.15) is 5.82 Å². The second-order valence-corrected chi connectivity index (χ2v) is 11.9. The fraction of sp³-hybridized carbons (Fsp3) is 0.367. The number of pyridine rings is 1. The number of carbonyl (C=O) groups is 1. The zero-order chi connectivity index (χ0) is 29.0. The van der Waals surface area contributed by atoms with Crippen molar-refractivity contribution in [3.8, 4) is 11.6 Å². The zero-order valence-electron chi connectivity index (χ0n) is 23.5. The Labute approximate surface area is 246 Å². The number of hydrogen-bond donors (Lipinski definition) is 1. The Bertz CT molecular complexity index is 1710. The highest BCUT2D eigenvalue weighted by molar-refractivity contribution is 9.10. The van der Waals surface area contributed by atoms with Gasteiger partial charge >= 0.3 is 0 Å². The maximum Gasteiger partial charge on any atom is 0.263 e. The molecule has 3 aromatic heterocycles. The second kappa shape index (κ2) is 10.5. The molecule has 1 fully saturated rings. The highest BCUT2D eigenvalue weighted by Gasteiger charge is 2.33. The number of anilines is 1. The van der Waals surface area contributed by atoms with Crippen LogP contribution in [0.1, 0.15) is 51.9 Å². The Balaban J connectivity index is 1.43. The lowest BCUT2D eigenvalue weighted by molar-refractivity contribution is 0.0652. The van der Waals surface area contributed by atoms with Gasteiger partial charge in [-0.1, -0.05) is 15.9 Å². The number of halogens is 1. The van der Waals surface area contributed by atoms with Gasteiger partial charge in [-0.05, 0) is 82.5 Å². The molecule has 6 rings (SSSR count). The van der Waals surface area contributed by atoms with Crippen LogP contribution in [-0.2, 0) is 13.0 Å². The number of nitrogens with zero attached hydrogens (tertiary/aromatic N) is 7. The Morgan fingerprint density at radius 1 is 1.12 bits per heavy atom. The van der Waals surface area contributed by atoms with Gasteiger partial charge in [0.25, 0.3) is 11.5 Å². The van der Waals surface area contributed by atoms with Crippen molar-refractivity contribution in [2.24, 2.45) is 0 Å². The van der Waals surface area contributed by atoms with Gasteiger partial charge in [0.05, 0.1) is 35.9 Å². The second-order valence-electron chi connectivity index (χ2n) is 11.0. The fourth-order valence-electron chi connectivity index (χ4n) is 5.72. The van der Waals surface area contributed by atoms with E-state index in [1.54, 1.807) is 20.3 Å². The molecule has 0 bridgehead atoms. The topological polar surface area (TPSA) is 109 Å². The molecule has 1 aromatic carbocycles. The first-order chi connectivity index (χ1) is 19.6. The molecule has 0 unspecified atom stereocenters. The van der Waals surface area contributed by atoms with Gasteiger partial charge in [0, 0.05) is 40.4 Å². The summed E-state index contributed by atoms with van der Waals surface area (Å²) >= 11 is 3.51. The molecule has 5 heterocycles. The van der Waals surface area contributed by atoms with Crippen LogP contribution in [0.25, 0.3) is 11.6 Å². The van der Waals surface area contributed by atoms with Crippen LogP contribution in [-0.4, -0.2) is 65.5 Å². The SMILES string of the molecule is Cc1cc(C)n(-c2nc3c(c(=O)n2-c2ccc(N4CC[C@@H](O)C4)nc2)C[C@@H](C)N(C(=O)c2ccc(Br)c(C)c2)C3)n1. The molecule has 11 heteroatoms. The van der Waals surface area contributed by atoms with Crippen LogP contribution in [0.2, 0.25) is 0 Å². The summed E-state index contributed by atoms with van der Waals surface area (Å²) in [7, 11) is 0. The van der Waals surface area contributed by atoms with Crippen molar-refractivity contribution in [3.05, 3.63) is 91.2 Å². The van der Waals surface area contributed by atoms with E-state index in [-0.39, 0.29) is 30.2 Å². The first-order valence-corrected chi connectivity index (χ1v) is 14.5. The van der Waals surface area contributed by atoms with E-state index in [4.69, 9.17) is 4.98 Å². The fourth-order valence-corrected chi connectivity index (χ4v) is 5.96. The van der Waals surface area contributed by atoms with E-state index in [9.17, 15) is 14.7 Å². The number of amides is 1. The summed E-state index contributed by atoms with van der Waals surface area (Å²) in [4.78, 5) is 41.2. The number of hydrogen-bond acceptors (Lipinski definition) is 7. The van der Waals surface area contributed by atoms with Crippen molar-refractivity contribution in [2.45, 2.75) is 59.2 Å². The Morgan fingerprint density at radius 2 is 1.93 bits per heavy atom. The molecule has 0 spiro atoms. The highest BCUT2D eigenvalue weighted by Crippen LogP contribution is 2.27. The van der Waals surface area contributed by atoms with E-state index in [0.29, 0.717) is 47.8 Å². The standard InChI is InChI=1S/C30H32BrN7O3/c1-17-11-21(5-7-25(17)31)28(40)36-16-26-24(13-19(36)3)29(41)37(30(33-26)38-20(4)12-18(2)34-38)22-6-8-27(32-14-22)35-10-9-23(39)15-35/h5-8,11-12,14,19,23,39H,9-10,13,15-16H2,1-4H3/t19-,23-/m1/s1. The maximum atomic E-state index is 14.2. The molecule has 0 radical (unpaired) electrons. The lowest BCUT2D eigenvalue weighted by Crippen LogP contribution is -2.46. The predicted octanol–water partition coefficient (Wildman–Crippen LogP) is 3.66. The number of aliphatic hydroxyl groups is 1. The molecule has 0 saturated carbocycles. The average molecular weight is 619 g/mol. The van der Waals surface area contributed by atoms with Crippen molar-refractivity contribution >= 4 is 27.7 Å². The van der Waals surface area contributed by atoms with Gasteiger partial charge in [-0.15, -0.1) is 0 Å². The third-order valence-corrected chi connectivity index (χ3v) is 8.83. The minimum absolute atomic E-state index is 0.0933. The smallest absolute Gasteiger partial charge is 0.263 e. The first kappa shape index (κ1) is 27.3. The van der Waals surface area contributed by atoms with Gasteiger partial charge in [-0.3, -0.25) is 9.59 Å². The summed E-state index contributed by atoms with van der Waals surface area (Å²) in [6.45, 7) is 9.23. The van der Waals surface area contributed by atoms with Gasteiger partial charge in [-0.25, -0.2) is 19.2 Å². The van der Waals surface area contributed by atoms with Crippen molar-refractivity contribution in [3.63, 3.8) is 0 Å². The molecule has 1 saturated heterocycles. The number of fused-ring (bicyclic) bond motifs is 1. The Hall–Kier alpha value is -3.83. The Morgan fingerprint density at radius 3 is 2.56 bits per heavy atom. The summed E-state index contributed by atoms with van der Waals surface area (Å²) < 4.78 is 4.18. The number of β-amino-alcohol motifs (C(OH)–C–C–N with tert-alkyl or cyclic N) is 1. The summed E-state index contributed by atoms with van der Waals surface area (Å²) in [5.74, 6) is 1.01. The molecular weight excluding hydrogens is 586 g/mol. The van der Waals surface area contributed by atoms with Crippen LogP contribution >= 0.6 is 15.9 Å². The number of carbonyl (C=O) groups excluding carboxylic acids is 1. The third-order valence-electron chi connectivity index (χ3n) is 7.94. The summed E-state index contributed by atoms with van der Waals surface area (Å²) in [5, 5.41) is 14.6. The number of aliphatic hydroxyl groups excluding tert-OH is 1. The monoisotopic (exact) mass is 617 g/mol. The average Bonchev–Trinajstić information content (AvgIpc) is 3.53. The van der Waals surface area contributed by atoms with Crippen molar-refractivity contribution in [2.75, 3.05) is 18.0 Å². The van der Waals surface area contributed by atoms with Crippen LogP contribution in [0.4, 0.5) is 5.82 Å². The predicted molar refractivity (Wildman–Crippen MR) is 159 cm³/mol. The molecule has 2 aliphatic heterocycles. The van der Waals surface area contributed by atoms with Crippen LogP contribution in [0.3, 0.4) is 0 Å². The quantitative estimate of drug-likeness (QED) is 0.372. The molecule has 1 N–H and O–H groups in total. The van der Waals surface area contributed by atoms with Gasteiger partial charge < -0.3 is 14.9 Å². The normalized spacial score (nSPS) is 18.6. The molecular formula is C30H32BrN7O3. The van der Waals surface area contributed by atoms with Gasteiger partial charge in [0.2, 0.25) is 5.95 Å². The number of aromatic nitrogens is 5. The van der Waals surface area contributed by atoms with Crippen LogP contribution in [0, 0.1) is 20.8 Å². The van der Waals surface area contributed by atoms with E-state index < -0.39 is 0 Å². The van der Waals surface area contributed by atoms with E-state index in [1.807, 2.05) is 69.0 Å². The minimum Gasteiger partial charge on any atom is -0.391 e. The number of aryl methyl sites for hydroxylation is 3. The molecule has 2 atom stereocenters. The largest absolute Gasteiger partial charge is 0.391 e. The zero-order valence-corrected chi connectivity index (χ0v) is 25.1. The maximum absolute atomic E-state index is 14.2. The summed E-state index contributed by atoms with van der Waals surface area (Å²) in [6.07, 6.45) is 2.40. The number of benzene rings is 1. The lowest BCUT2D eigenvalue weighted by atomic mass is 9.98. The van der Waals surface area contributed by atoms with E-state index in [1.165, 1.54) is 0 Å². The van der Waals surface area contributed by atoms with Crippen molar-refractivity contribution < 1.29 is 9.90 Å². The Kier molecular flexibility index (Phi) is 7.03. The van der Waals surface area contributed by atoms with Crippen molar-refractivity contribution in [1.29, 1.82) is 0 Å². The number of rotatable bonds is 4. The molecule has 212 valence electrons. The van der Waals surface area contributed by atoms with Gasteiger partial charge in [-0.2, -0.15) is 5.10 Å². The minimum atomic E-state index is -0.359. The molecule has 2 aliphatic rings. The summed E-state index contributed by atoms with van der Waals surface area (Å²) in [6, 6.07) is 11.0. The first-order valence-electron chi connectivity index (χ1n) is 13.8. The van der Waals surface area contributed by atoms with Gasteiger partial charge in [0.15, 0.2) is 0 Å².